The van der Waals surface area contributed by atoms with Gasteiger partial charge < -0.3 is 5.32 Å². The third kappa shape index (κ3) is 1.75. The number of amides is 1. The Balaban J connectivity index is 2.42. The Labute approximate surface area is 95.0 Å². The van der Waals surface area contributed by atoms with Crippen LogP contribution in [0.1, 0.15) is 12.0 Å². The molecule has 1 amide bonds. The molecule has 0 saturated heterocycles. The summed E-state index contributed by atoms with van der Waals surface area (Å²) in [5.41, 5.74) is 1.24. The van der Waals surface area contributed by atoms with E-state index in [1.807, 2.05) is 0 Å². The first kappa shape index (κ1) is 9.89. The van der Waals surface area contributed by atoms with E-state index in [0.29, 0.717) is 24.1 Å². The summed E-state index contributed by atoms with van der Waals surface area (Å²) in [5, 5.41) is 2.73. The van der Waals surface area contributed by atoms with Gasteiger partial charge in [-0.2, -0.15) is 0 Å². The van der Waals surface area contributed by atoms with Gasteiger partial charge in [-0.1, -0.05) is 28.7 Å². The van der Waals surface area contributed by atoms with E-state index >= 15 is 0 Å². The number of hydrogen-bond donors (Lipinski definition) is 1. The van der Waals surface area contributed by atoms with Crippen LogP contribution in [0.2, 0.25) is 0 Å². The van der Waals surface area contributed by atoms with Crippen molar-refractivity contribution in [2.24, 2.45) is 0 Å². The van der Waals surface area contributed by atoms with Crippen LogP contribution < -0.4 is 5.32 Å². The van der Waals surface area contributed by atoms with E-state index in [0.717, 1.165) is 0 Å². The highest BCUT2D eigenvalue weighted by Crippen LogP contribution is 2.26. The predicted octanol–water partition coefficient (Wildman–Crippen LogP) is 2.51. The number of hydrogen-bond acceptors (Lipinski definition) is 1. The van der Waals surface area contributed by atoms with Crippen molar-refractivity contribution in [1.29, 1.82) is 0 Å². The summed E-state index contributed by atoms with van der Waals surface area (Å²) in [7, 11) is 0. The normalized spacial score (nSPS) is 21.0. The molecule has 0 bridgehead atoms. The Morgan fingerprint density at radius 1 is 1.50 bits per heavy atom. The maximum absolute atomic E-state index is 13.4. The first-order valence-corrected chi connectivity index (χ1v) is 5.65. The fourth-order valence-electron chi connectivity index (χ4n) is 1.54. The summed E-state index contributed by atoms with van der Waals surface area (Å²) in [6, 6.07) is 4.78. The molecule has 1 N–H and O–H groups in total. The second-order valence-electron chi connectivity index (χ2n) is 3.26. The van der Waals surface area contributed by atoms with Gasteiger partial charge in [-0.05, 0) is 25.0 Å². The topological polar surface area (TPSA) is 29.1 Å². The SMILES string of the molecule is O=C1Nc2cccc(F)c2CCC1I. The molecule has 2 nitrogen and oxygen atoms in total. The maximum atomic E-state index is 13.4. The van der Waals surface area contributed by atoms with E-state index < -0.39 is 0 Å². The molecule has 1 aliphatic heterocycles. The minimum atomic E-state index is -0.228. The quantitative estimate of drug-likeness (QED) is 0.579. The lowest BCUT2D eigenvalue weighted by atomic mass is 10.1. The predicted molar refractivity (Wildman–Crippen MR) is 61.2 cm³/mol. The van der Waals surface area contributed by atoms with Crippen molar-refractivity contribution in [2.75, 3.05) is 5.32 Å². The smallest absolute Gasteiger partial charge is 0.237 e. The maximum Gasteiger partial charge on any atom is 0.237 e. The van der Waals surface area contributed by atoms with Crippen LogP contribution in [0, 0.1) is 5.82 Å². The average molecular weight is 305 g/mol. The number of carbonyl (C=O) groups excluding carboxylic acids is 1. The van der Waals surface area contributed by atoms with Gasteiger partial charge in [0.2, 0.25) is 5.91 Å². The van der Waals surface area contributed by atoms with Gasteiger partial charge in [-0.25, -0.2) is 4.39 Å². The lowest BCUT2D eigenvalue weighted by Gasteiger charge is -2.06. The van der Waals surface area contributed by atoms with Crippen LogP contribution in [-0.4, -0.2) is 9.83 Å². The van der Waals surface area contributed by atoms with Crippen molar-refractivity contribution in [2.45, 2.75) is 16.8 Å². The molecule has 0 aromatic heterocycles. The molecule has 74 valence electrons. The number of rotatable bonds is 0. The lowest BCUT2D eigenvalue weighted by molar-refractivity contribution is -0.115. The monoisotopic (exact) mass is 305 g/mol. The molecule has 1 aliphatic rings. The highest BCUT2D eigenvalue weighted by molar-refractivity contribution is 14.1. The third-order valence-electron chi connectivity index (χ3n) is 2.31. The van der Waals surface area contributed by atoms with Crippen molar-refractivity contribution in [3.63, 3.8) is 0 Å². The Hall–Kier alpha value is -0.650. The molecule has 0 saturated carbocycles. The van der Waals surface area contributed by atoms with Crippen LogP contribution in [0.25, 0.3) is 0 Å². The number of anilines is 1. The molecule has 14 heavy (non-hydrogen) atoms. The second kappa shape index (κ2) is 3.84. The van der Waals surface area contributed by atoms with Crippen LogP contribution >= 0.6 is 22.6 Å². The third-order valence-corrected chi connectivity index (χ3v) is 3.50. The summed E-state index contributed by atoms with van der Waals surface area (Å²) in [6.07, 6.45) is 1.31. The van der Waals surface area contributed by atoms with Gasteiger partial charge in [0.05, 0.1) is 3.92 Å². The molecule has 1 heterocycles. The van der Waals surface area contributed by atoms with Crippen molar-refractivity contribution in [3.8, 4) is 0 Å². The van der Waals surface area contributed by atoms with Gasteiger partial charge in [-0.15, -0.1) is 0 Å². The second-order valence-corrected chi connectivity index (χ2v) is 4.77. The van der Waals surface area contributed by atoms with Crippen LogP contribution in [0.3, 0.4) is 0 Å². The fraction of sp³-hybridized carbons (Fsp3) is 0.300. The molecular weight excluding hydrogens is 296 g/mol. The molecule has 0 fully saturated rings. The minimum absolute atomic E-state index is 0.0325. The number of benzene rings is 1. The van der Waals surface area contributed by atoms with Gasteiger partial charge >= 0.3 is 0 Å². The van der Waals surface area contributed by atoms with Crippen LogP contribution in [0.4, 0.5) is 10.1 Å². The largest absolute Gasteiger partial charge is 0.325 e. The van der Waals surface area contributed by atoms with Gasteiger partial charge in [0, 0.05) is 11.3 Å². The highest BCUT2D eigenvalue weighted by Gasteiger charge is 2.22. The molecule has 2 rings (SSSR count). The summed E-state index contributed by atoms with van der Waals surface area (Å²) in [4.78, 5) is 11.4. The molecule has 1 atom stereocenters. The van der Waals surface area contributed by atoms with Gasteiger partial charge in [0.1, 0.15) is 5.82 Å². The lowest BCUT2D eigenvalue weighted by Crippen LogP contribution is -2.20. The zero-order valence-electron chi connectivity index (χ0n) is 7.39. The van der Waals surface area contributed by atoms with Crippen molar-refractivity contribution in [3.05, 3.63) is 29.6 Å². The number of nitrogens with one attached hydrogen (secondary N) is 1. The Bertz CT molecular complexity index is 380. The highest BCUT2D eigenvalue weighted by atomic mass is 127. The summed E-state index contributed by atoms with van der Waals surface area (Å²) in [6.45, 7) is 0. The minimum Gasteiger partial charge on any atom is -0.325 e. The molecule has 1 aromatic rings. The Morgan fingerprint density at radius 2 is 2.29 bits per heavy atom. The summed E-state index contributed by atoms with van der Waals surface area (Å²) < 4.78 is 13.3. The van der Waals surface area contributed by atoms with Gasteiger partial charge in [0.15, 0.2) is 0 Å². The molecule has 1 unspecified atom stereocenters. The number of fused-ring (bicyclic) bond motifs is 1. The average Bonchev–Trinajstić information content (AvgIpc) is 2.29. The zero-order valence-corrected chi connectivity index (χ0v) is 9.55. The number of halogens is 2. The molecule has 0 spiro atoms. The molecule has 0 radical (unpaired) electrons. The Kier molecular flexibility index (Phi) is 2.71. The molecule has 1 aromatic carbocycles. The fourth-order valence-corrected chi connectivity index (χ4v) is 2.01. The summed E-state index contributed by atoms with van der Waals surface area (Å²) >= 11 is 2.08. The van der Waals surface area contributed by atoms with Crippen molar-refractivity contribution >= 4 is 34.2 Å². The number of carbonyl (C=O) groups is 1. The van der Waals surface area contributed by atoms with Gasteiger partial charge in [-0.3, -0.25) is 4.79 Å². The van der Waals surface area contributed by atoms with E-state index in [4.69, 9.17) is 0 Å². The standard InChI is InChI=1S/C10H9FINO/c11-7-2-1-3-9-6(7)4-5-8(12)10(14)13-9/h1-3,8H,4-5H2,(H,13,14). The van der Waals surface area contributed by atoms with Gasteiger partial charge in [0.25, 0.3) is 0 Å². The van der Waals surface area contributed by atoms with E-state index in [9.17, 15) is 9.18 Å². The van der Waals surface area contributed by atoms with E-state index in [2.05, 4.69) is 27.9 Å². The summed E-state index contributed by atoms with van der Waals surface area (Å²) in [5.74, 6) is -0.261. The number of alkyl halides is 1. The first-order valence-electron chi connectivity index (χ1n) is 4.41. The Morgan fingerprint density at radius 3 is 3.07 bits per heavy atom. The van der Waals surface area contributed by atoms with Crippen LogP contribution in [0.15, 0.2) is 18.2 Å². The van der Waals surface area contributed by atoms with E-state index in [1.165, 1.54) is 6.07 Å². The van der Waals surface area contributed by atoms with E-state index in [1.54, 1.807) is 12.1 Å². The van der Waals surface area contributed by atoms with Crippen LogP contribution in [0.5, 0.6) is 0 Å². The van der Waals surface area contributed by atoms with E-state index in [-0.39, 0.29) is 15.6 Å². The van der Waals surface area contributed by atoms with Crippen molar-refractivity contribution < 1.29 is 9.18 Å². The zero-order chi connectivity index (χ0) is 10.1. The van der Waals surface area contributed by atoms with Crippen molar-refractivity contribution in [1.82, 2.24) is 0 Å². The molecule has 4 heteroatoms. The van der Waals surface area contributed by atoms with Crippen LogP contribution in [-0.2, 0) is 11.2 Å². The molecule has 0 aliphatic carbocycles. The first-order chi connectivity index (χ1) is 6.68. The molecular formula is C10H9FINO.